The van der Waals surface area contributed by atoms with Gasteiger partial charge < -0.3 is 4.74 Å². The number of carbonyl (C=O) groups excluding carboxylic acids is 1. The summed E-state index contributed by atoms with van der Waals surface area (Å²) in [6.07, 6.45) is 22.5. The predicted octanol–water partition coefficient (Wildman–Crippen LogP) is 7.20. The van der Waals surface area contributed by atoms with Crippen molar-refractivity contribution in [2.75, 3.05) is 5.33 Å². The van der Waals surface area contributed by atoms with E-state index >= 15 is 0 Å². The molecule has 0 aromatic heterocycles. The SMILES string of the molecule is CC(C)(C)OC(=O)CC(S)CCC=CCC=CCC=CCCCCCBr. The van der Waals surface area contributed by atoms with Crippen LogP contribution in [0, 0.1) is 0 Å². The number of hydrogen-bond acceptors (Lipinski definition) is 3. The maximum Gasteiger partial charge on any atom is 0.307 e. The Morgan fingerprint density at radius 2 is 1.54 bits per heavy atom. The second-order valence-corrected chi connectivity index (χ2v) is 8.97. The van der Waals surface area contributed by atoms with Crippen molar-refractivity contribution in [2.45, 2.75) is 89.4 Å². The monoisotopic (exact) mass is 444 g/mol. The van der Waals surface area contributed by atoms with Crippen molar-refractivity contribution >= 4 is 34.5 Å². The summed E-state index contributed by atoms with van der Waals surface area (Å²) in [7, 11) is 0. The fourth-order valence-electron chi connectivity index (χ4n) is 2.28. The lowest BCUT2D eigenvalue weighted by molar-refractivity contribution is -0.154. The minimum Gasteiger partial charge on any atom is -0.460 e. The topological polar surface area (TPSA) is 26.3 Å². The van der Waals surface area contributed by atoms with Gasteiger partial charge in [-0.2, -0.15) is 12.6 Å². The number of carbonyl (C=O) groups is 1. The van der Waals surface area contributed by atoms with Gasteiger partial charge in [-0.25, -0.2) is 0 Å². The molecule has 0 rings (SSSR count). The van der Waals surface area contributed by atoms with Crippen LogP contribution in [0.4, 0.5) is 0 Å². The van der Waals surface area contributed by atoms with Gasteiger partial charge in [0.25, 0.3) is 0 Å². The average molecular weight is 446 g/mol. The predicted molar refractivity (Wildman–Crippen MR) is 121 cm³/mol. The van der Waals surface area contributed by atoms with E-state index in [2.05, 4.69) is 65.0 Å². The van der Waals surface area contributed by atoms with Gasteiger partial charge in [-0.3, -0.25) is 4.79 Å². The molecule has 0 saturated heterocycles. The summed E-state index contributed by atoms with van der Waals surface area (Å²) in [5.74, 6) is -0.166. The van der Waals surface area contributed by atoms with Crippen LogP contribution in [0.5, 0.6) is 0 Å². The van der Waals surface area contributed by atoms with Crippen LogP contribution in [0.15, 0.2) is 36.5 Å². The average Bonchev–Trinajstić information content (AvgIpc) is 2.53. The van der Waals surface area contributed by atoms with Gasteiger partial charge >= 0.3 is 5.97 Å². The van der Waals surface area contributed by atoms with E-state index in [1.165, 1.54) is 25.7 Å². The van der Waals surface area contributed by atoms with E-state index < -0.39 is 5.60 Å². The van der Waals surface area contributed by atoms with Crippen LogP contribution < -0.4 is 0 Å². The quantitative estimate of drug-likeness (QED) is 0.101. The zero-order valence-electron chi connectivity index (χ0n) is 16.8. The third-order valence-corrected chi connectivity index (χ3v) is 4.54. The van der Waals surface area contributed by atoms with Gasteiger partial charge in [0, 0.05) is 10.6 Å². The normalized spacial score (nSPS) is 13.9. The lowest BCUT2D eigenvalue weighted by atomic mass is 10.1. The number of ether oxygens (including phenoxy) is 1. The van der Waals surface area contributed by atoms with Gasteiger partial charge in [-0.1, -0.05) is 58.8 Å². The number of esters is 1. The summed E-state index contributed by atoms with van der Waals surface area (Å²) >= 11 is 7.93. The molecule has 0 bridgehead atoms. The van der Waals surface area contributed by atoms with E-state index in [1.54, 1.807) is 0 Å². The number of rotatable bonds is 14. The largest absolute Gasteiger partial charge is 0.460 e. The molecule has 0 heterocycles. The van der Waals surface area contributed by atoms with Gasteiger partial charge in [0.05, 0.1) is 6.42 Å². The molecular formula is C22H37BrO2S. The summed E-state index contributed by atoms with van der Waals surface area (Å²) in [5, 5.41) is 1.18. The molecule has 0 aromatic carbocycles. The molecular weight excluding hydrogens is 408 g/mol. The van der Waals surface area contributed by atoms with Crippen LogP contribution in [0.2, 0.25) is 0 Å². The highest BCUT2D eigenvalue weighted by molar-refractivity contribution is 9.09. The molecule has 0 aromatic rings. The molecule has 1 atom stereocenters. The zero-order chi connectivity index (χ0) is 19.7. The van der Waals surface area contributed by atoms with Crippen molar-refractivity contribution in [3.05, 3.63) is 36.5 Å². The van der Waals surface area contributed by atoms with Gasteiger partial charge in [0.2, 0.25) is 0 Å². The molecule has 0 saturated carbocycles. The van der Waals surface area contributed by atoms with Crippen LogP contribution in [-0.2, 0) is 9.53 Å². The van der Waals surface area contributed by atoms with Crippen molar-refractivity contribution in [3.63, 3.8) is 0 Å². The van der Waals surface area contributed by atoms with E-state index in [-0.39, 0.29) is 11.2 Å². The first-order valence-corrected chi connectivity index (χ1v) is 11.4. The van der Waals surface area contributed by atoms with Crippen molar-refractivity contribution in [1.29, 1.82) is 0 Å². The summed E-state index contributed by atoms with van der Waals surface area (Å²) in [6, 6.07) is 0. The second-order valence-electron chi connectivity index (χ2n) is 7.45. The summed E-state index contributed by atoms with van der Waals surface area (Å²) in [6.45, 7) is 5.66. The first kappa shape index (κ1) is 25.5. The standard InChI is InChI=1S/C22H37BrO2S/c1-22(2,3)25-21(24)19-20(26)17-15-13-11-9-7-5-4-6-8-10-12-14-16-18-23/h5-8,11,13,20,26H,4,9-10,12,14-19H2,1-3H3. The Bertz CT molecular complexity index is 436. The molecule has 0 aliphatic rings. The highest BCUT2D eigenvalue weighted by Gasteiger charge is 2.18. The fraction of sp³-hybridized carbons (Fsp3) is 0.682. The summed E-state index contributed by atoms with van der Waals surface area (Å²) in [5.41, 5.74) is -0.417. The maximum atomic E-state index is 11.7. The van der Waals surface area contributed by atoms with Crippen LogP contribution in [-0.4, -0.2) is 22.2 Å². The van der Waals surface area contributed by atoms with E-state index in [0.717, 1.165) is 31.0 Å². The number of thiol groups is 1. The van der Waals surface area contributed by atoms with Crippen LogP contribution in [0.3, 0.4) is 0 Å². The number of halogens is 1. The van der Waals surface area contributed by atoms with Gasteiger partial charge in [-0.05, 0) is 65.7 Å². The maximum absolute atomic E-state index is 11.7. The summed E-state index contributed by atoms with van der Waals surface area (Å²) in [4.78, 5) is 11.7. The van der Waals surface area contributed by atoms with Gasteiger partial charge in [-0.15, -0.1) is 0 Å². The van der Waals surface area contributed by atoms with Gasteiger partial charge in [0.1, 0.15) is 5.60 Å². The molecule has 150 valence electrons. The highest BCUT2D eigenvalue weighted by atomic mass is 79.9. The van der Waals surface area contributed by atoms with Crippen LogP contribution >= 0.6 is 28.6 Å². The second kappa shape index (κ2) is 16.7. The first-order valence-electron chi connectivity index (χ1n) is 9.76. The number of allylic oxidation sites excluding steroid dienone is 6. The lowest BCUT2D eigenvalue weighted by Gasteiger charge is -2.20. The number of unbranched alkanes of at least 4 members (excludes halogenated alkanes) is 3. The Hall–Kier alpha value is -0.480. The lowest BCUT2D eigenvalue weighted by Crippen LogP contribution is -2.25. The van der Waals surface area contributed by atoms with Crippen molar-refractivity contribution in [1.82, 2.24) is 0 Å². The molecule has 26 heavy (non-hydrogen) atoms. The summed E-state index contributed by atoms with van der Waals surface area (Å²) < 4.78 is 5.31. The molecule has 0 amide bonds. The Morgan fingerprint density at radius 1 is 0.962 bits per heavy atom. The Kier molecular flexibility index (Phi) is 16.4. The molecule has 1 unspecified atom stereocenters. The molecule has 4 heteroatoms. The van der Waals surface area contributed by atoms with Crippen LogP contribution in [0.1, 0.15) is 78.6 Å². The smallest absolute Gasteiger partial charge is 0.307 e. The molecule has 0 radical (unpaired) electrons. The Labute approximate surface area is 175 Å². The molecule has 0 aliphatic heterocycles. The van der Waals surface area contributed by atoms with Crippen LogP contribution in [0.25, 0.3) is 0 Å². The Balaban J connectivity index is 3.62. The first-order chi connectivity index (χ1) is 12.3. The molecule has 2 nitrogen and oxygen atoms in total. The van der Waals surface area contributed by atoms with Crippen molar-refractivity contribution < 1.29 is 9.53 Å². The van der Waals surface area contributed by atoms with E-state index in [0.29, 0.717) is 6.42 Å². The molecule has 0 fully saturated rings. The Morgan fingerprint density at radius 3 is 2.12 bits per heavy atom. The number of hydrogen-bond donors (Lipinski definition) is 1. The third kappa shape index (κ3) is 19.8. The number of alkyl halides is 1. The fourth-order valence-corrected chi connectivity index (χ4v) is 2.97. The third-order valence-electron chi connectivity index (χ3n) is 3.54. The van der Waals surface area contributed by atoms with E-state index in [1.807, 2.05) is 20.8 Å². The molecule has 0 spiro atoms. The molecule has 0 N–H and O–H groups in total. The van der Waals surface area contributed by atoms with Crippen molar-refractivity contribution in [3.8, 4) is 0 Å². The van der Waals surface area contributed by atoms with E-state index in [9.17, 15) is 4.79 Å². The van der Waals surface area contributed by atoms with Crippen molar-refractivity contribution in [2.24, 2.45) is 0 Å². The van der Waals surface area contributed by atoms with E-state index in [4.69, 9.17) is 4.74 Å². The highest BCUT2D eigenvalue weighted by Crippen LogP contribution is 2.15. The minimum atomic E-state index is -0.417. The zero-order valence-corrected chi connectivity index (χ0v) is 19.2. The molecule has 0 aliphatic carbocycles. The van der Waals surface area contributed by atoms with Gasteiger partial charge in [0.15, 0.2) is 0 Å². The minimum absolute atomic E-state index is 0.0599.